The molecule has 0 aliphatic rings. The molecule has 2 N–H and O–H groups in total. The average molecular weight is 411 g/mol. The van der Waals surface area contributed by atoms with Crippen molar-refractivity contribution >= 4 is 47.2 Å². The summed E-state index contributed by atoms with van der Waals surface area (Å²) in [5, 5.41) is 14.9. The van der Waals surface area contributed by atoms with E-state index in [0.717, 1.165) is 5.56 Å². The second-order valence-electron chi connectivity index (χ2n) is 5.22. The molecule has 0 heterocycles. The standard InChI is InChI=1S/C17H18Cl3NO2.ClH/c1-11(12-2-4-13(18)5-3-12)21-9-15(22)10-23-17-7-6-14(19)8-16(17)20;/h2-8,11,15,21-22H,9-10H2,1H3;1H. The van der Waals surface area contributed by atoms with Crippen molar-refractivity contribution in [3.8, 4) is 5.75 Å². The maximum Gasteiger partial charge on any atom is 0.138 e. The number of aliphatic hydroxyl groups excluding tert-OH is 1. The summed E-state index contributed by atoms with van der Waals surface area (Å²) in [7, 11) is 0. The lowest BCUT2D eigenvalue weighted by atomic mass is 10.1. The fourth-order valence-corrected chi connectivity index (χ4v) is 2.61. The maximum atomic E-state index is 10.0. The summed E-state index contributed by atoms with van der Waals surface area (Å²) < 4.78 is 5.51. The normalized spacial score (nSPS) is 13.0. The van der Waals surface area contributed by atoms with Gasteiger partial charge in [-0.05, 0) is 42.8 Å². The molecule has 0 spiro atoms. The highest BCUT2D eigenvalue weighted by molar-refractivity contribution is 6.35. The molecule has 132 valence electrons. The fourth-order valence-electron chi connectivity index (χ4n) is 2.02. The van der Waals surface area contributed by atoms with E-state index in [1.807, 2.05) is 31.2 Å². The predicted octanol–water partition coefficient (Wildman–Crippen LogP) is 5.16. The number of halogens is 4. The zero-order valence-electron chi connectivity index (χ0n) is 13.0. The first-order valence-electron chi connectivity index (χ1n) is 7.20. The highest BCUT2D eigenvalue weighted by atomic mass is 35.5. The first-order chi connectivity index (χ1) is 11.0. The first kappa shape index (κ1) is 21.4. The van der Waals surface area contributed by atoms with Crippen LogP contribution in [0.3, 0.4) is 0 Å². The number of rotatable bonds is 7. The second kappa shape index (κ2) is 10.3. The van der Waals surface area contributed by atoms with Crippen molar-refractivity contribution in [1.29, 1.82) is 0 Å². The smallest absolute Gasteiger partial charge is 0.138 e. The van der Waals surface area contributed by atoms with Crippen LogP contribution in [0.25, 0.3) is 0 Å². The molecule has 0 fully saturated rings. The van der Waals surface area contributed by atoms with Crippen molar-refractivity contribution < 1.29 is 9.84 Å². The SMILES string of the molecule is CC(NCC(O)COc1ccc(Cl)cc1Cl)c1ccc(Cl)cc1.Cl. The van der Waals surface area contributed by atoms with Crippen LogP contribution >= 0.6 is 47.2 Å². The van der Waals surface area contributed by atoms with E-state index < -0.39 is 6.10 Å². The molecule has 0 saturated heterocycles. The van der Waals surface area contributed by atoms with Crippen molar-refractivity contribution in [1.82, 2.24) is 5.32 Å². The molecular formula is C17H19Cl4NO2. The van der Waals surface area contributed by atoms with Gasteiger partial charge in [-0.25, -0.2) is 0 Å². The third-order valence-electron chi connectivity index (χ3n) is 3.35. The number of hydrogen-bond donors (Lipinski definition) is 2. The zero-order valence-corrected chi connectivity index (χ0v) is 16.1. The Hall–Kier alpha value is -0.680. The molecule has 0 bridgehead atoms. The molecule has 2 unspecified atom stereocenters. The second-order valence-corrected chi connectivity index (χ2v) is 6.50. The zero-order chi connectivity index (χ0) is 16.8. The molecular weight excluding hydrogens is 392 g/mol. The van der Waals surface area contributed by atoms with Crippen molar-refractivity contribution in [2.75, 3.05) is 13.2 Å². The fraction of sp³-hybridized carbons (Fsp3) is 0.294. The molecule has 2 rings (SSSR count). The van der Waals surface area contributed by atoms with Gasteiger partial charge in [0.25, 0.3) is 0 Å². The molecule has 0 aliphatic carbocycles. The summed E-state index contributed by atoms with van der Waals surface area (Å²) in [6.45, 7) is 2.56. The van der Waals surface area contributed by atoms with E-state index in [1.165, 1.54) is 0 Å². The van der Waals surface area contributed by atoms with E-state index in [1.54, 1.807) is 18.2 Å². The van der Waals surface area contributed by atoms with Crippen LogP contribution in [0.1, 0.15) is 18.5 Å². The van der Waals surface area contributed by atoms with Crippen molar-refractivity contribution in [2.45, 2.75) is 19.1 Å². The molecule has 2 aromatic carbocycles. The Morgan fingerprint density at radius 1 is 1.04 bits per heavy atom. The predicted molar refractivity (Wildman–Crippen MR) is 103 cm³/mol. The van der Waals surface area contributed by atoms with E-state index >= 15 is 0 Å². The number of nitrogens with one attached hydrogen (secondary N) is 1. The van der Waals surface area contributed by atoms with Crippen LogP contribution in [0, 0.1) is 0 Å². The van der Waals surface area contributed by atoms with Crippen LogP contribution in [0.15, 0.2) is 42.5 Å². The van der Waals surface area contributed by atoms with Crippen LogP contribution in [-0.2, 0) is 0 Å². The van der Waals surface area contributed by atoms with Crippen LogP contribution in [0.2, 0.25) is 15.1 Å². The largest absolute Gasteiger partial charge is 0.489 e. The topological polar surface area (TPSA) is 41.5 Å². The quantitative estimate of drug-likeness (QED) is 0.662. The molecule has 2 aromatic rings. The molecule has 0 radical (unpaired) electrons. The lowest BCUT2D eigenvalue weighted by Gasteiger charge is -2.18. The van der Waals surface area contributed by atoms with Gasteiger partial charge in [0.05, 0.1) is 5.02 Å². The maximum absolute atomic E-state index is 10.0. The van der Waals surface area contributed by atoms with Gasteiger partial charge in [-0.1, -0.05) is 46.9 Å². The van der Waals surface area contributed by atoms with Crippen LogP contribution in [0.5, 0.6) is 5.75 Å². The minimum absolute atomic E-state index is 0. The van der Waals surface area contributed by atoms with E-state index in [2.05, 4.69) is 5.32 Å². The van der Waals surface area contributed by atoms with Gasteiger partial charge in [0.1, 0.15) is 18.5 Å². The Labute approximate surface area is 163 Å². The minimum Gasteiger partial charge on any atom is -0.489 e. The van der Waals surface area contributed by atoms with E-state index in [0.29, 0.717) is 27.4 Å². The van der Waals surface area contributed by atoms with Gasteiger partial charge in [0.15, 0.2) is 0 Å². The number of benzene rings is 2. The van der Waals surface area contributed by atoms with Gasteiger partial charge in [0, 0.05) is 22.6 Å². The van der Waals surface area contributed by atoms with Crippen LogP contribution in [0.4, 0.5) is 0 Å². The summed E-state index contributed by atoms with van der Waals surface area (Å²) in [4.78, 5) is 0. The molecule has 2 atom stereocenters. The Balaban J connectivity index is 0.00000288. The average Bonchev–Trinajstić information content (AvgIpc) is 2.52. The van der Waals surface area contributed by atoms with E-state index in [9.17, 15) is 5.11 Å². The molecule has 0 aliphatic heterocycles. The van der Waals surface area contributed by atoms with Crippen molar-refractivity contribution in [3.05, 3.63) is 63.1 Å². The Kier molecular flexibility index (Phi) is 9.21. The lowest BCUT2D eigenvalue weighted by molar-refractivity contribution is 0.104. The van der Waals surface area contributed by atoms with Gasteiger partial charge in [-0.2, -0.15) is 0 Å². The number of hydrogen-bond acceptors (Lipinski definition) is 3. The minimum atomic E-state index is -0.656. The molecule has 24 heavy (non-hydrogen) atoms. The summed E-state index contributed by atoms with van der Waals surface area (Å²) in [5.74, 6) is 0.501. The van der Waals surface area contributed by atoms with Gasteiger partial charge < -0.3 is 15.2 Å². The summed E-state index contributed by atoms with van der Waals surface area (Å²) in [5.41, 5.74) is 1.10. The molecule has 3 nitrogen and oxygen atoms in total. The Morgan fingerprint density at radius 2 is 1.67 bits per heavy atom. The Bertz CT molecular complexity index is 637. The van der Waals surface area contributed by atoms with Crippen LogP contribution in [-0.4, -0.2) is 24.4 Å². The molecule has 0 amide bonds. The van der Waals surface area contributed by atoms with Gasteiger partial charge in [-0.15, -0.1) is 12.4 Å². The summed E-state index contributed by atoms with van der Waals surface area (Å²) in [6.07, 6.45) is -0.656. The molecule has 0 aromatic heterocycles. The van der Waals surface area contributed by atoms with E-state index in [4.69, 9.17) is 39.5 Å². The first-order valence-corrected chi connectivity index (χ1v) is 8.34. The Morgan fingerprint density at radius 3 is 2.29 bits per heavy atom. The molecule has 0 saturated carbocycles. The highest BCUT2D eigenvalue weighted by Gasteiger charge is 2.11. The van der Waals surface area contributed by atoms with Crippen molar-refractivity contribution in [2.24, 2.45) is 0 Å². The van der Waals surface area contributed by atoms with E-state index in [-0.39, 0.29) is 25.1 Å². The van der Waals surface area contributed by atoms with Crippen LogP contribution < -0.4 is 10.1 Å². The third-order valence-corrected chi connectivity index (χ3v) is 4.14. The summed E-state index contributed by atoms with van der Waals surface area (Å²) in [6, 6.07) is 12.7. The number of ether oxygens (including phenoxy) is 1. The van der Waals surface area contributed by atoms with Gasteiger partial charge in [-0.3, -0.25) is 0 Å². The third kappa shape index (κ3) is 6.67. The number of aliphatic hydroxyl groups is 1. The monoisotopic (exact) mass is 409 g/mol. The highest BCUT2D eigenvalue weighted by Crippen LogP contribution is 2.27. The molecule has 7 heteroatoms. The summed E-state index contributed by atoms with van der Waals surface area (Å²) >= 11 is 17.7. The lowest BCUT2D eigenvalue weighted by Crippen LogP contribution is -2.33. The van der Waals surface area contributed by atoms with Crippen molar-refractivity contribution in [3.63, 3.8) is 0 Å². The van der Waals surface area contributed by atoms with Gasteiger partial charge in [0.2, 0.25) is 0 Å². The van der Waals surface area contributed by atoms with Gasteiger partial charge >= 0.3 is 0 Å².